The second kappa shape index (κ2) is 7.10. The number of piperazine rings is 1. The number of guanidine groups is 1. The maximum atomic E-state index is 4.28. The topological polar surface area (TPSA) is 42.9 Å². The molecule has 0 bridgehead atoms. The van der Waals surface area contributed by atoms with E-state index < -0.39 is 0 Å². The van der Waals surface area contributed by atoms with Gasteiger partial charge in [0.1, 0.15) is 0 Å². The van der Waals surface area contributed by atoms with Crippen molar-refractivity contribution >= 4 is 5.96 Å². The van der Waals surface area contributed by atoms with Crippen molar-refractivity contribution < 1.29 is 0 Å². The van der Waals surface area contributed by atoms with Crippen LogP contribution in [-0.4, -0.2) is 75.2 Å². The number of nitrogens with one attached hydrogen (secondary N) is 2. The van der Waals surface area contributed by atoms with Crippen LogP contribution in [0.1, 0.15) is 19.8 Å². The highest BCUT2D eigenvalue weighted by atomic mass is 15.3. The molecule has 2 N–H and O–H groups in total. The summed E-state index contributed by atoms with van der Waals surface area (Å²) in [5.41, 5.74) is 0. The molecule has 1 saturated carbocycles. The second-order valence-corrected chi connectivity index (χ2v) is 5.97. The van der Waals surface area contributed by atoms with Gasteiger partial charge in [-0.1, -0.05) is 0 Å². The molecular weight excluding hydrogens is 238 g/mol. The van der Waals surface area contributed by atoms with Crippen LogP contribution >= 0.6 is 0 Å². The van der Waals surface area contributed by atoms with Crippen molar-refractivity contribution in [1.82, 2.24) is 20.4 Å². The average Bonchev–Trinajstić information content (AvgIpc) is 3.23. The molecule has 5 nitrogen and oxygen atoms in total. The van der Waals surface area contributed by atoms with Crippen LogP contribution in [0.3, 0.4) is 0 Å². The van der Waals surface area contributed by atoms with Crippen molar-refractivity contribution in [3.05, 3.63) is 0 Å². The molecule has 1 unspecified atom stereocenters. The minimum atomic E-state index is 0.563. The van der Waals surface area contributed by atoms with E-state index in [1.165, 1.54) is 39.0 Å². The Kier molecular flexibility index (Phi) is 5.45. The number of nitrogens with zero attached hydrogens (tertiary/aromatic N) is 3. The fraction of sp³-hybridized carbons (Fsp3) is 0.929. The first-order valence-electron chi connectivity index (χ1n) is 7.56. The highest BCUT2D eigenvalue weighted by molar-refractivity contribution is 5.79. The number of hydrogen-bond donors (Lipinski definition) is 2. The SMILES string of the molecule is CN=C(NCC1CC1)NCC(C)N1CCN(C)CC1. The summed E-state index contributed by atoms with van der Waals surface area (Å²) < 4.78 is 0. The third kappa shape index (κ3) is 4.99. The van der Waals surface area contributed by atoms with Crippen molar-refractivity contribution in [3.63, 3.8) is 0 Å². The first-order valence-corrected chi connectivity index (χ1v) is 7.56. The minimum absolute atomic E-state index is 0.563. The lowest BCUT2D eigenvalue weighted by atomic mass is 10.2. The molecule has 5 heteroatoms. The number of aliphatic imine (C=N–C) groups is 1. The molecular formula is C14H29N5. The predicted molar refractivity (Wildman–Crippen MR) is 80.6 cm³/mol. The van der Waals surface area contributed by atoms with Gasteiger partial charge in [0.2, 0.25) is 0 Å². The molecule has 2 fully saturated rings. The Balaban J connectivity index is 1.64. The zero-order valence-electron chi connectivity index (χ0n) is 12.7. The molecule has 0 aromatic heterocycles. The van der Waals surface area contributed by atoms with Gasteiger partial charge in [-0.05, 0) is 32.7 Å². The highest BCUT2D eigenvalue weighted by Crippen LogP contribution is 2.27. The summed E-state index contributed by atoms with van der Waals surface area (Å²) in [6, 6.07) is 0.563. The molecule has 1 aliphatic heterocycles. The lowest BCUT2D eigenvalue weighted by molar-refractivity contribution is 0.120. The molecule has 2 aliphatic rings. The Morgan fingerprint density at radius 2 is 1.89 bits per heavy atom. The Morgan fingerprint density at radius 1 is 1.21 bits per heavy atom. The van der Waals surface area contributed by atoms with Crippen molar-refractivity contribution in [3.8, 4) is 0 Å². The molecule has 110 valence electrons. The van der Waals surface area contributed by atoms with Gasteiger partial charge in [0.15, 0.2) is 5.96 Å². The molecule has 1 atom stereocenters. The van der Waals surface area contributed by atoms with Crippen LogP contribution in [0.2, 0.25) is 0 Å². The summed E-state index contributed by atoms with van der Waals surface area (Å²) in [6.07, 6.45) is 2.75. The summed E-state index contributed by atoms with van der Waals surface area (Å²) in [6.45, 7) is 9.04. The van der Waals surface area contributed by atoms with Crippen molar-refractivity contribution in [2.24, 2.45) is 10.9 Å². The van der Waals surface area contributed by atoms with E-state index in [2.05, 4.69) is 39.4 Å². The van der Waals surface area contributed by atoms with Crippen molar-refractivity contribution in [1.29, 1.82) is 0 Å². The van der Waals surface area contributed by atoms with E-state index in [4.69, 9.17) is 0 Å². The molecule has 1 aliphatic carbocycles. The van der Waals surface area contributed by atoms with E-state index in [0.29, 0.717) is 6.04 Å². The molecule has 19 heavy (non-hydrogen) atoms. The van der Waals surface area contributed by atoms with Crippen molar-refractivity contribution in [2.75, 3.05) is 53.4 Å². The van der Waals surface area contributed by atoms with E-state index in [9.17, 15) is 0 Å². The van der Waals surface area contributed by atoms with E-state index in [-0.39, 0.29) is 0 Å². The molecule has 0 amide bonds. The molecule has 0 aromatic rings. The van der Waals surface area contributed by atoms with E-state index >= 15 is 0 Å². The van der Waals surface area contributed by atoms with Gasteiger partial charge in [-0.3, -0.25) is 9.89 Å². The molecule has 1 saturated heterocycles. The fourth-order valence-corrected chi connectivity index (χ4v) is 2.42. The summed E-state index contributed by atoms with van der Waals surface area (Å²) in [7, 11) is 4.05. The third-order valence-corrected chi connectivity index (χ3v) is 4.20. The number of rotatable bonds is 5. The summed E-state index contributed by atoms with van der Waals surface area (Å²) in [5.74, 6) is 1.83. The van der Waals surface area contributed by atoms with E-state index in [0.717, 1.165) is 25.0 Å². The summed E-state index contributed by atoms with van der Waals surface area (Å²) >= 11 is 0. The predicted octanol–water partition coefficient (Wildman–Crippen LogP) is 0.197. The maximum absolute atomic E-state index is 4.28. The van der Waals surface area contributed by atoms with Gasteiger partial charge in [0.05, 0.1) is 0 Å². The van der Waals surface area contributed by atoms with Crippen LogP contribution in [0.4, 0.5) is 0 Å². The number of hydrogen-bond acceptors (Lipinski definition) is 3. The van der Waals surface area contributed by atoms with Crippen LogP contribution < -0.4 is 10.6 Å². The highest BCUT2D eigenvalue weighted by Gasteiger charge is 2.22. The standard InChI is InChI=1S/C14H29N5/c1-12(19-8-6-18(3)7-9-19)10-16-14(15-2)17-11-13-4-5-13/h12-13H,4-11H2,1-3H3,(H2,15,16,17). The zero-order chi connectivity index (χ0) is 13.7. The Hall–Kier alpha value is -0.810. The minimum Gasteiger partial charge on any atom is -0.356 e. The van der Waals surface area contributed by atoms with Gasteiger partial charge in [0, 0.05) is 52.4 Å². The van der Waals surface area contributed by atoms with Gasteiger partial charge in [-0.2, -0.15) is 0 Å². The van der Waals surface area contributed by atoms with Crippen LogP contribution in [0.15, 0.2) is 4.99 Å². The average molecular weight is 267 g/mol. The van der Waals surface area contributed by atoms with Gasteiger partial charge in [0.25, 0.3) is 0 Å². The fourth-order valence-electron chi connectivity index (χ4n) is 2.42. The van der Waals surface area contributed by atoms with Gasteiger partial charge < -0.3 is 15.5 Å². The van der Waals surface area contributed by atoms with E-state index in [1.807, 2.05) is 7.05 Å². The second-order valence-electron chi connectivity index (χ2n) is 5.97. The summed E-state index contributed by atoms with van der Waals surface area (Å²) in [4.78, 5) is 9.24. The lowest BCUT2D eigenvalue weighted by Crippen LogP contribution is -2.52. The van der Waals surface area contributed by atoms with Gasteiger partial charge in [-0.25, -0.2) is 0 Å². The number of likely N-dealkylation sites (N-methyl/N-ethyl adjacent to an activating group) is 1. The quantitative estimate of drug-likeness (QED) is 0.551. The molecule has 0 spiro atoms. The van der Waals surface area contributed by atoms with E-state index in [1.54, 1.807) is 0 Å². The molecule has 0 aromatic carbocycles. The Labute approximate surface area is 117 Å². The summed E-state index contributed by atoms with van der Waals surface area (Å²) in [5, 5.41) is 6.85. The van der Waals surface area contributed by atoms with Crippen LogP contribution in [0, 0.1) is 5.92 Å². The monoisotopic (exact) mass is 267 g/mol. The smallest absolute Gasteiger partial charge is 0.191 e. The lowest BCUT2D eigenvalue weighted by Gasteiger charge is -2.36. The first kappa shape index (κ1) is 14.6. The third-order valence-electron chi connectivity index (χ3n) is 4.20. The molecule has 2 rings (SSSR count). The Bertz CT molecular complexity index is 292. The zero-order valence-corrected chi connectivity index (χ0v) is 12.7. The van der Waals surface area contributed by atoms with Gasteiger partial charge in [-0.15, -0.1) is 0 Å². The normalized spacial score (nSPS) is 24.3. The first-order chi connectivity index (χ1) is 9.19. The largest absolute Gasteiger partial charge is 0.356 e. The van der Waals surface area contributed by atoms with Crippen LogP contribution in [0.25, 0.3) is 0 Å². The molecule has 0 radical (unpaired) electrons. The Morgan fingerprint density at radius 3 is 2.47 bits per heavy atom. The van der Waals surface area contributed by atoms with Crippen molar-refractivity contribution in [2.45, 2.75) is 25.8 Å². The molecule has 1 heterocycles. The van der Waals surface area contributed by atoms with Crippen LogP contribution in [-0.2, 0) is 0 Å². The van der Waals surface area contributed by atoms with Crippen LogP contribution in [0.5, 0.6) is 0 Å². The maximum Gasteiger partial charge on any atom is 0.191 e. The van der Waals surface area contributed by atoms with Gasteiger partial charge >= 0.3 is 0 Å².